The van der Waals surface area contributed by atoms with Gasteiger partial charge in [-0.1, -0.05) is 19.9 Å². The summed E-state index contributed by atoms with van der Waals surface area (Å²) >= 11 is 1.89. The minimum absolute atomic E-state index is 0.636. The third-order valence-electron chi connectivity index (χ3n) is 2.16. The van der Waals surface area contributed by atoms with E-state index in [1.54, 1.807) is 0 Å². The minimum atomic E-state index is 0.636. The molecule has 2 heteroatoms. The first-order valence-corrected chi connectivity index (χ1v) is 5.26. The lowest BCUT2D eigenvalue weighted by molar-refractivity contribution is 0.863. The Morgan fingerprint density at radius 1 is 1.42 bits per heavy atom. The Morgan fingerprint density at radius 2 is 2.25 bits per heavy atom. The average Bonchev–Trinajstić information content (AvgIpc) is 2.49. The van der Waals surface area contributed by atoms with Gasteiger partial charge in [0.2, 0.25) is 0 Å². The lowest BCUT2D eigenvalue weighted by Gasteiger charge is -2.06. The van der Waals surface area contributed by atoms with Crippen molar-refractivity contribution in [2.24, 2.45) is 0 Å². The van der Waals surface area contributed by atoms with Crippen LogP contribution in [0.2, 0.25) is 0 Å². The first-order valence-electron chi connectivity index (χ1n) is 4.28. The maximum Gasteiger partial charge on any atom is 0.0658 e. The molecular formula is C10H13NS. The van der Waals surface area contributed by atoms with Crippen LogP contribution in [-0.4, -0.2) is 5.88 Å². The number of rotatable bonds is 1. The zero-order valence-corrected chi connectivity index (χ0v) is 8.24. The van der Waals surface area contributed by atoms with Gasteiger partial charge in [0.05, 0.1) is 5.88 Å². The summed E-state index contributed by atoms with van der Waals surface area (Å²) < 4.78 is 0. The third kappa shape index (κ3) is 1.31. The number of benzene rings is 1. The van der Waals surface area contributed by atoms with Crippen LogP contribution in [0.25, 0.3) is 0 Å². The van der Waals surface area contributed by atoms with Gasteiger partial charge in [0, 0.05) is 10.6 Å². The van der Waals surface area contributed by atoms with E-state index in [0.29, 0.717) is 5.92 Å². The number of hydrogen-bond acceptors (Lipinski definition) is 2. The number of hydrogen-bond donors (Lipinski definition) is 1. The molecule has 0 saturated carbocycles. The fourth-order valence-electron chi connectivity index (χ4n) is 1.36. The fourth-order valence-corrected chi connectivity index (χ4v) is 2.25. The lowest BCUT2D eigenvalue weighted by Crippen LogP contribution is -1.90. The number of thioether (sulfide) groups is 1. The highest BCUT2D eigenvalue weighted by atomic mass is 32.2. The second-order valence-corrected chi connectivity index (χ2v) is 4.39. The Kier molecular flexibility index (Phi) is 2.01. The zero-order chi connectivity index (χ0) is 8.55. The van der Waals surface area contributed by atoms with Crippen LogP contribution in [0.3, 0.4) is 0 Å². The SMILES string of the molecule is CC(C)c1ccc2c(c1)SCN2. The Hall–Kier alpha value is -0.630. The average molecular weight is 179 g/mol. The van der Waals surface area contributed by atoms with E-state index < -0.39 is 0 Å². The normalized spacial score (nSPS) is 14.6. The molecule has 0 aromatic heterocycles. The Morgan fingerprint density at radius 3 is 3.00 bits per heavy atom. The second-order valence-electron chi connectivity index (χ2n) is 3.38. The molecule has 64 valence electrons. The van der Waals surface area contributed by atoms with Gasteiger partial charge in [-0.2, -0.15) is 0 Å². The first-order chi connectivity index (χ1) is 5.77. The molecule has 0 bridgehead atoms. The maximum atomic E-state index is 3.33. The van der Waals surface area contributed by atoms with E-state index in [9.17, 15) is 0 Å². The molecule has 1 aromatic carbocycles. The highest BCUT2D eigenvalue weighted by Gasteiger charge is 2.11. The minimum Gasteiger partial charge on any atom is -0.375 e. The molecule has 0 fully saturated rings. The van der Waals surface area contributed by atoms with Crippen LogP contribution in [0, 0.1) is 0 Å². The summed E-state index contributed by atoms with van der Waals surface area (Å²) in [7, 11) is 0. The van der Waals surface area contributed by atoms with Crippen LogP contribution in [0.5, 0.6) is 0 Å². The summed E-state index contributed by atoms with van der Waals surface area (Å²) in [6, 6.07) is 6.69. The van der Waals surface area contributed by atoms with Gasteiger partial charge in [0.25, 0.3) is 0 Å². The number of anilines is 1. The highest BCUT2D eigenvalue weighted by Crippen LogP contribution is 2.35. The van der Waals surface area contributed by atoms with Crippen molar-refractivity contribution in [1.82, 2.24) is 0 Å². The topological polar surface area (TPSA) is 12.0 Å². The molecule has 0 radical (unpaired) electrons. The highest BCUT2D eigenvalue weighted by molar-refractivity contribution is 7.99. The van der Waals surface area contributed by atoms with Crippen molar-refractivity contribution in [2.45, 2.75) is 24.7 Å². The lowest BCUT2D eigenvalue weighted by atomic mass is 10.0. The van der Waals surface area contributed by atoms with Crippen LogP contribution in [-0.2, 0) is 0 Å². The molecule has 0 spiro atoms. The summed E-state index contributed by atoms with van der Waals surface area (Å²) in [6.07, 6.45) is 0. The van der Waals surface area contributed by atoms with E-state index in [-0.39, 0.29) is 0 Å². The van der Waals surface area contributed by atoms with Crippen molar-refractivity contribution in [2.75, 3.05) is 11.2 Å². The summed E-state index contributed by atoms with van der Waals surface area (Å²) in [4.78, 5) is 1.40. The van der Waals surface area contributed by atoms with Crippen molar-refractivity contribution < 1.29 is 0 Å². The van der Waals surface area contributed by atoms with Crippen molar-refractivity contribution in [3.05, 3.63) is 23.8 Å². The molecule has 1 aliphatic rings. The molecular weight excluding hydrogens is 166 g/mol. The van der Waals surface area contributed by atoms with E-state index in [4.69, 9.17) is 0 Å². The molecule has 1 heterocycles. The van der Waals surface area contributed by atoms with Crippen LogP contribution in [0.15, 0.2) is 23.1 Å². The molecule has 0 unspecified atom stereocenters. The van der Waals surface area contributed by atoms with Gasteiger partial charge in [-0.05, 0) is 23.6 Å². The Balaban J connectivity index is 2.39. The van der Waals surface area contributed by atoms with Gasteiger partial charge in [0.15, 0.2) is 0 Å². The molecule has 0 aliphatic carbocycles. The summed E-state index contributed by atoms with van der Waals surface area (Å²) in [5.41, 5.74) is 2.73. The predicted octanol–water partition coefficient (Wildman–Crippen LogP) is 3.29. The van der Waals surface area contributed by atoms with Crippen molar-refractivity contribution in [3.8, 4) is 0 Å². The summed E-state index contributed by atoms with van der Waals surface area (Å²) in [5, 5.41) is 3.33. The third-order valence-corrected chi connectivity index (χ3v) is 3.10. The van der Waals surface area contributed by atoms with Crippen molar-refractivity contribution >= 4 is 17.4 Å². The van der Waals surface area contributed by atoms with E-state index >= 15 is 0 Å². The number of nitrogens with one attached hydrogen (secondary N) is 1. The van der Waals surface area contributed by atoms with Gasteiger partial charge in [-0.25, -0.2) is 0 Å². The molecule has 12 heavy (non-hydrogen) atoms. The Bertz CT molecular complexity index is 294. The van der Waals surface area contributed by atoms with Crippen LogP contribution < -0.4 is 5.32 Å². The standard InChI is InChI=1S/C10H13NS/c1-7(2)8-3-4-9-10(5-8)12-6-11-9/h3-5,7,11H,6H2,1-2H3. The molecule has 0 amide bonds. The number of fused-ring (bicyclic) bond motifs is 1. The fraction of sp³-hybridized carbons (Fsp3) is 0.400. The van der Waals surface area contributed by atoms with E-state index in [1.807, 2.05) is 11.8 Å². The van der Waals surface area contributed by atoms with Gasteiger partial charge in [-0.3, -0.25) is 0 Å². The first kappa shape index (κ1) is 7.99. The van der Waals surface area contributed by atoms with Crippen molar-refractivity contribution in [3.63, 3.8) is 0 Å². The van der Waals surface area contributed by atoms with Gasteiger partial charge in [-0.15, -0.1) is 11.8 Å². The van der Waals surface area contributed by atoms with Crippen LogP contribution in [0.4, 0.5) is 5.69 Å². The van der Waals surface area contributed by atoms with Gasteiger partial charge >= 0.3 is 0 Å². The van der Waals surface area contributed by atoms with Crippen LogP contribution >= 0.6 is 11.8 Å². The smallest absolute Gasteiger partial charge is 0.0658 e. The van der Waals surface area contributed by atoms with E-state index in [0.717, 1.165) is 5.88 Å². The van der Waals surface area contributed by atoms with E-state index in [1.165, 1.54) is 16.1 Å². The molecule has 1 aromatic rings. The summed E-state index contributed by atoms with van der Waals surface area (Å²) in [5.74, 6) is 1.66. The van der Waals surface area contributed by atoms with Crippen molar-refractivity contribution in [1.29, 1.82) is 0 Å². The Labute approximate surface area is 77.6 Å². The zero-order valence-electron chi connectivity index (χ0n) is 7.42. The second kappa shape index (κ2) is 3.02. The molecule has 2 rings (SSSR count). The molecule has 1 aliphatic heterocycles. The molecule has 0 saturated heterocycles. The van der Waals surface area contributed by atoms with E-state index in [2.05, 4.69) is 37.4 Å². The summed E-state index contributed by atoms with van der Waals surface area (Å²) in [6.45, 7) is 4.46. The molecule has 1 N–H and O–H groups in total. The van der Waals surface area contributed by atoms with Gasteiger partial charge in [0.1, 0.15) is 0 Å². The largest absolute Gasteiger partial charge is 0.375 e. The van der Waals surface area contributed by atoms with Crippen LogP contribution in [0.1, 0.15) is 25.3 Å². The quantitative estimate of drug-likeness (QED) is 0.710. The maximum absolute atomic E-state index is 3.33. The monoisotopic (exact) mass is 179 g/mol. The van der Waals surface area contributed by atoms with Gasteiger partial charge < -0.3 is 5.32 Å². The molecule has 0 atom stereocenters. The molecule has 1 nitrogen and oxygen atoms in total. The predicted molar refractivity (Wildman–Crippen MR) is 54.9 cm³/mol.